The molecule has 0 saturated carbocycles. The molecule has 0 saturated heterocycles. The fourth-order valence-corrected chi connectivity index (χ4v) is 3.74. The molecule has 0 radical (unpaired) electrons. The lowest BCUT2D eigenvalue weighted by Gasteiger charge is -2.12. The van der Waals surface area contributed by atoms with Crippen LogP contribution in [0.15, 0.2) is 11.1 Å². The molecule has 1 amide bonds. The summed E-state index contributed by atoms with van der Waals surface area (Å²) in [5.41, 5.74) is 3.03. The molecule has 1 aliphatic carbocycles. The van der Waals surface area contributed by atoms with E-state index in [0.29, 0.717) is 5.39 Å². The lowest BCUT2D eigenvalue weighted by Crippen LogP contribution is -2.39. The van der Waals surface area contributed by atoms with Crippen LogP contribution in [0.3, 0.4) is 0 Å². The summed E-state index contributed by atoms with van der Waals surface area (Å²) < 4.78 is 1.34. The van der Waals surface area contributed by atoms with Crippen LogP contribution in [-0.2, 0) is 17.6 Å². The second-order valence-electron chi connectivity index (χ2n) is 4.68. The smallest absolute Gasteiger partial charge is 0.263 e. The number of carbonyl (C=O) groups excluding carboxylic acids is 1. The molecule has 7 heteroatoms. The third kappa shape index (κ3) is 1.77. The number of nitrogens with one attached hydrogen (secondary N) is 1. The molecule has 1 atom stereocenters. The highest BCUT2D eigenvalue weighted by Crippen LogP contribution is 2.34. The third-order valence-electron chi connectivity index (χ3n) is 3.59. The minimum Gasteiger partial charge on any atom is -0.292 e. The molecule has 3 rings (SSSR count). The van der Waals surface area contributed by atoms with Gasteiger partial charge >= 0.3 is 0 Å². The predicted molar refractivity (Wildman–Crippen MR) is 72.9 cm³/mol. The van der Waals surface area contributed by atoms with E-state index in [1.54, 1.807) is 18.3 Å². The van der Waals surface area contributed by atoms with Crippen molar-refractivity contribution in [2.45, 2.75) is 32.2 Å². The number of fused-ring (bicyclic) bond motifs is 3. The van der Waals surface area contributed by atoms with Crippen LogP contribution in [0.25, 0.3) is 10.2 Å². The Labute approximate surface area is 113 Å². The number of amides is 1. The first-order chi connectivity index (χ1) is 9.13. The highest BCUT2D eigenvalue weighted by molar-refractivity contribution is 7.18. The summed E-state index contributed by atoms with van der Waals surface area (Å²) in [6.45, 7) is 1.63. The van der Waals surface area contributed by atoms with E-state index in [1.165, 1.54) is 15.8 Å². The largest absolute Gasteiger partial charge is 0.292 e. The molecule has 1 aliphatic rings. The van der Waals surface area contributed by atoms with Gasteiger partial charge in [-0.15, -0.1) is 11.3 Å². The van der Waals surface area contributed by atoms with Crippen molar-refractivity contribution < 1.29 is 4.79 Å². The topological polar surface area (TPSA) is 90.0 Å². The number of nitrogens with two attached hydrogens (primary N) is 1. The lowest BCUT2D eigenvalue weighted by molar-refractivity contribution is -0.124. The zero-order valence-electron chi connectivity index (χ0n) is 10.5. The van der Waals surface area contributed by atoms with E-state index in [-0.39, 0.29) is 5.56 Å². The van der Waals surface area contributed by atoms with Crippen LogP contribution in [0.4, 0.5) is 0 Å². The van der Waals surface area contributed by atoms with Gasteiger partial charge in [0.1, 0.15) is 10.9 Å². The van der Waals surface area contributed by atoms with Crippen LogP contribution in [0.2, 0.25) is 0 Å². The number of aromatic nitrogens is 2. The average Bonchev–Trinajstić information content (AvgIpc) is 2.97. The Morgan fingerprint density at radius 1 is 1.58 bits per heavy atom. The summed E-state index contributed by atoms with van der Waals surface area (Å²) >= 11 is 1.59. The van der Waals surface area contributed by atoms with Gasteiger partial charge in [-0.3, -0.25) is 19.6 Å². The molecule has 0 aliphatic heterocycles. The number of hydrogen-bond donors (Lipinski definition) is 2. The highest BCUT2D eigenvalue weighted by atomic mass is 32.1. The van der Waals surface area contributed by atoms with Gasteiger partial charge in [0, 0.05) is 4.88 Å². The van der Waals surface area contributed by atoms with Crippen molar-refractivity contribution >= 4 is 27.5 Å². The Kier molecular flexibility index (Phi) is 2.87. The zero-order chi connectivity index (χ0) is 13.6. The maximum atomic E-state index is 12.5. The number of rotatable bonds is 2. The summed E-state index contributed by atoms with van der Waals surface area (Å²) in [7, 11) is 0. The summed E-state index contributed by atoms with van der Waals surface area (Å²) in [4.78, 5) is 30.4. The van der Waals surface area contributed by atoms with Crippen LogP contribution < -0.4 is 16.8 Å². The molecule has 19 heavy (non-hydrogen) atoms. The molecule has 3 N–H and O–H groups in total. The summed E-state index contributed by atoms with van der Waals surface area (Å²) in [6.07, 6.45) is 4.46. The Morgan fingerprint density at radius 3 is 3.11 bits per heavy atom. The molecule has 2 heterocycles. The van der Waals surface area contributed by atoms with Crippen LogP contribution in [0.1, 0.15) is 29.8 Å². The van der Waals surface area contributed by atoms with Crippen molar-refractivity contribution in [3.8, 4) is 0 Å². The lowest BCUT2D eigenvalue weighted by atomic mass is 10.2. The summed E-state index contributed by atoms with van der Waals surface area (Å²) in [5.74, 6) is 4.70. The van der Waals surface area contributed by atoms with E-state index in [4.69, 9.17) is 5.84 Å². The molecule has 2 aromatic rings. The fraction of sp³-hybridized carbons (Fsp3) is 0.417. The van der Waals surface area contributed by atoms with Crippen molar-refractivity contribution in [3.63, 3.8) is 0 Å². The normalized spacial score (nSPS) is 15.5. The number of thiophene rings is 1. The van der Waals surface area contributed by atoms with Crippen molar-refractivity contribution in [3.05, 3.63) is 27.1 Å². The van der Waals surface area contributed by atoms with Crippen LogP contribution in [0, 0.1) is 0 Å². The zero-order valence-corrected chi connectivity index (χ0v) is 11.3. The van der Waals surface area contributed by atoms with E-state index in [9.17, 15) is 9.59 Å². The van der Waals surface area contributed by atoms with Gasteiger partial charge in [0.25, 0.3) is 11.5 Å². The second-order valence-corrected chi connectivity index (χ2v) is 5.76. The predicted octanol–water partition coefficient (Wildman–Crippen LogP) is 0.498. The van der Waals surface area contributed by atoms with E-state index < -0.39 is 11.9 Å². The van der Waals surface area contributed by atoms with E-state index in [0.717, 1.165) is 29.7 Å². The van der Waals surface area contributed by atoms with Crippen LogP contribution >= 0.6 is 11.3 Å². The number of aryl methyl sites for hydroxylation is 2. The summed E-state index contributed by atoms with van der Waals surface area (Å²) in [6, 6.07) is -0.661. The fourth-order valence-electron chi connectivity index (χ4n) is 2.52. The minimum absolute atomic E-state index is 0.152. The van der Waals surface area contributed by atoms with E-state index in [1.807, 2.05) is 0 Å². The Morgan fingerprint density at radius 2 is 2.37 bits per heavy atom. The van der Waals surface area contributed by atoms with Crippen molar-refractivity contribution in [2.24, 2.45) is 5.84 Å². The van der Waals surface area contributed by atoms with Gasteiger partial charge in [0.05, 0.1) is 11.7 Å². The molecule has 0 bridgehead atoms. The van der Waals surface area contributed by atoms with Crippen molar-refractivity contribution in [1.29, 1.82) is 0 Å². The molecule has 0 fully saturated rings. The van der Waals surface area contributed by atoms with Gasteiger partial charge in [-0.1, -0.05) is 0 Å². The SMILES string of the molecule is CC(C(=O)NN)n1cnc2sc3c(c2c1=O)CCC3. The summed E-state index contributed by atoms with van der Waals surface area (Å²) in [5, 5.41) is 0.677. The average molecular weight is 278 g/mol. The number of hydrazine groups is 1. The number of nitrogens with zero attached hydrogens (tertiary/aromatic N) is 2. The van der Waals surface area contributed by atoms with Gasteiger partial charge in [-0.2, -0.15) is 0 Å². The molecule has 0 aromatic carbocycles. The highest BCUT2D eigenvalue weighted by Gasteiger charge is 2.23. The molecule has 6 nitrogen and oxygen atoms in total. The van der Waals surface area contributed by atoms with E-state index in [2.05, 4.69) is 10.4 Å². The second kappa shape index (κ2) is 4.43. The quantitative estimate of drug-likeness (QED) is 0.475. The van der Waals surface area contributed by atoms with Crippen LogP contribution in [-0.4, -0.2) is 15.5 Å². The molecule has 1 unspecified atom stereocenters. The maximum Gasteiger partial charge on any atom is 0.263 e. The van der Waals surface area contributed by atoms with Gasteiger partial charge in [-0.05, 0) is 31.7 Å². The van der Waals surface area contributed by atoms with Gasteiger partial charge in [0.15, 0.2) is 0 Å². The minimum atomic E-state index is -0.661. The Balaban J connectivity index is 2.21. The first kappa shape index (κ1) is 12.3. The number of carbonyl (C=O) groups is 1. The molecule has 100 valence electrons. The van der Waals surface area contributed by atoms with Crippen molar-refractivity contribution in [2.75, 3.05) is 0 Å². The maximum absolute atomic E-state index is 12.5. The third-order valence-corrected chi connectivity index (χ3v) is 4.79. The molecule has 2 aromatic heterocycles. The number of hydrogen-bond acceptors (Lipinski definition) is 5. The molecule has 0 spiro atoms. The Bertz CT molecular complexity index is 718. The standard InChI is InChI=1S/C12H14N4O2S/c1-6(10(17)15-13)16-5-14-11-9(12(16)18)7-3-2-4-8(7)19-11/h5-6H,2-4,13H2,1H3,(H,15,17). The van der Waals surface area contributed by atoms with Gasteiger partial charge < -0.3 is 0 Å². The Hall–Kier alpha value is -1.73. The molecular formula is C12H14N4O2S. The van der Waals surface area contributed by atoms with E-state index >= 15 is 0 Å². The monoisotopic (exact) mass is 278 g/mol. The van der Waals surface area contributed by atoms with Crippen molar-refractivity contribution in [1.82, 2.24) is 15.0 Å². The molecular weight excluding hydrogens is 264 g/mol. The van der Waals surface area contributed by atoms with Crippen LogP contribution in [0.5, 0.6) is 0 Å². The van der Waals surface area contributed by atoms with Gasteiger partial charge in [-0.25, -0.2) is 10.8 Å². The first-order valence-corrected chi connectivity index (χ1v) is 6.97. The van der Waals surface area contributed by atoms with Gasteiger partial charge in [0.2, 0.25) is 0 Å². The first-order valence-electron chi connectivity index (χ1n) is 6.15.